The third-order valence-corrected chi connectivity index (χ3v) is 4.27. The molecule has 4 heteroatoms. The lowest BCUT2D eigenvalue weighted by atomic mass is 9.95. The molecule has 0 aromatic heterocycles. The number of benzene rings is 1. The summed E-state index contributed by atoms with van der Waals surface area (Å²) in [4.78, 5) is 2.53. The van der Waals surface area contributed by atoms with E-state index in [1.54, 1.807) is 0 Å². The normalized spacial score (nSPS) is 26.6. The summed E-state index contributed by atoms with van der Waals surface area (Å²) in [5.74, 6) is 1.72. The first-order valence-corrected chi connectivity index (χ1v) is 7.12. The summed E-state index contributed by atoms with van der Waals surface area (Å²) in [7, 11) is 0. The number of ether oxygens (including phenoxy) is 2. The smallest absolute Gasteiger partial charge is 0.231 e. The van der Waals surface area contributed by atoms with Crippen LogP contribution in [0, 0.1) is 0 Å². The van der Waals surface area contributed by atoms with E-state index in [4.69, 9.17) is 15.2 Å². The first kappa shape index (κ1) is 12.8. The minimum Gasteiger partial charge on any atom is -0.454 e. The van der Waals surface area contributed by atoms with Crippen molar-refractivity contribution in [2.75, 3.05) is 13.3 Å². The third kappa shape index (κ3) is 2.55. The number of likely N-dealkylation sites (tertiary alicyclic amines) is 1. The summed E-state index contributed by atoms with van der Waals surface area (Å²) in [6.07, 6.45) is 3.77. The molecule has 2 N–H and O–H groups in total. The van der Waals surface area contributed by atoms with Gasteiger partial charge >= 0.3 is 0 Å². The lowest BCUT2D eigenvalue weighted by Gasteiger charge is -2.40. The highest BCUT2D eigenvalue weighted by molar-refractivity contribution is 5.44. The van der Waals surface area contributed by atoms with Crippen molar-refractivity contribution in [3.05, 3.63) is 23.8 Å². The summed E-state index contributed by atoms with van der Waals surface area (Å²) >= 11 is 0. The Labute approximate surface area is 114 Å². The molecule has 1 aromatic rings. The van der Waals surface area contributed by atoms with Gasteiger partial charge in [-0.15, -0.1) is 0 Å². The maximum atomic E-state index is 5.91. The third-order valence-electron chi connectivity index (χ3n) is 4.27. The first-order chi connectivity index (χ1) is 9.28. The van der Waals surface area contributed by atoms with Gasteiger partial charge < -0.3 is 15.2 Å². The summed E-state index contributed by atoms with van der Waals surface area (Å²) in [5, 5.41) is 0. The van der Waals surface area contributed by atoms with Crippen molar-refractivity contribution in [1.29, 1.82) is 0 Å². The molecule has 1 aromatic carbocycles. The fourth-order valence-corrected chi connectivity index (χ4v) is 3.13. The Kier molecular flexibility index (Phi) is 3.62. The zero-order valence-corrected chi connectivity index (χ0v) is 11.5. The van der Waals surface area contributed by atoms with Gasteiger partial charge in [0.2, 0.25) is 6.79 Å². The Morgan fingerprint density at radius 1 is 1.26 bits per heavy atom. The molecule has 2 atom stereocenters. The van der Waals surface area contributed by atoms with Crippen molar-refractivity contribution < 1.29 is 9.47 Å². The van der Waals surface area contributed by atoms with E-state index in [1.807, 2.05) is 6.07 Å². The number of hydrogen-bond acceptors (Lipinski definition) is 4. The lowest BCUT2D eigenvalue weighted by molar-refractivity contribution is 0.0891. The van der Waals surface area contributed by atoms with E-state index in [-0.39, 0.29) is 0 Å². The van der Waals surface area contributed by atoms with Crippen molar-refractivity contribution in [3.63, 3.8) is 0 Å². The molecular weight excluding hydrogens is 240 g/mol. The topological polar surface area (TPSA) is 47.7 Å². The van der Waals surface area contributed by atoms with Gasteiger partial charge in [-0.1, -0.05) is 12.5 Å². The molecule has 1 saturated heterocycles. The van der Waals surface area contributed by atoms with Gasteiger partial charge in [-0.05, 0) is 37.5 Å². The molecule has 2 aliphatic heterocycles. The molecule has 0 bridgehead atoms. The van der Waals surface area contributed by atoms with E-state index in [0.717, 1.165) is 24.6 Å². The number of fused-ring (bicyclic) bond motifs is 1. The van der Waals surface area contributed by atoms with Crippen LogP contribution in [0.4, 0.5) is 0 Å². The van der Waals surface area contributed by atoms with E-state index < -0.39 is 0 Å². The second kappa shape index (κ2) is 5.39. The molecule has 19 heavy (non-hydrogen) atoms. The minimum absolute atomic E-state index is 0.338. The van der Waals surface area contributed by atoms with Crippen molar-refractivity contribution in [2.24, 2.45) is 5.73 Å². The van der Waals surface area contributed by atoms with Crippen LogP contribution in [0.1, 0.15) is 31.7 Å². The molecule has 3 rings (SSSR count). The molecule has 2 heterocycles. The van der Waals surface area contributed by atoms with Gasteiger partial charge in [-0.3, -0.25) is 4.90 Å². The van der Waals surface area contributed by atoms with Crippen molar-refractivity contribution in [1.82, 2.24) is 4.90 Å². The van der Waals surface area contributed by atoms with Crippen LogP contribution in [-0.2, 0) is 6.54 Å². The molecule has 0 spiro atoms. The van der Waals surface area contributed by atoms with Gasteiger partial charge in [0.25, 0.3) is 0 Å². The molecule has 0 saturated carbocycles. The van der Waals surface area contributed by atoms with Crippen LogP contribution >= 0.6 is 0 Å². The monoisotopic (exact) mass is 262 g/mol. The number of piperidine rings is 1. The maximum Gasteiger partial charge on any atom is 0.231 e. The predicted octanol–water partition coefficient (Wildman–Crippen LogP) is 2.12. The quantitative estimate of drug-likeness (QED) is 0.906. The molecule has 0 aliphatic carbocycles. The SMILES string of the molecule is CC1CCCC(CN)N1Cc1ccc2c(c1)OCO2. The summed E-state index contributed by atoms with van der Waals surface area (Å²) in [5.41, 5.74) is 7.19. The Morgan fingerprint density at radius 2 is 2.11 bits per heavy atom. The van der Waals surface area contributed by atoms with Crippen molar-refractivity contribution >= 4 is 0 Å². The fraction of sp³-hybridized carbons (Fsp3) is 0.600. The largest absolute Gasteiger partial charge is 0.454 e. The molecule has 0 radical (unpaired) electrons. The Morgan fingerprint density at radius 3 is 2.95 bits per heavy atom. The van der Waals surface area contributed by atoms with Crippen LogP contribution < -0.4 is 15.2 Å². The van der Waals surface area contributed by atoms with Crippen molar-refractivity contribution in [2.45, 2.75) is 44.8 Å². The van der Waals surface area contributed by atoms with Gasteiger partial charge in [-0.2, -0.15) is 0 Å². The van der Waals surface area contributed by atoms with E-state index in [1.165, 1.54) is 24.8 Å². The van der Waals surface area contributed by atoms with E-state index in [9.17, 15) is 0 Å². The number of nitrogens with zero attached hydrogens (tertiary/aromatic N) is 1. The van der Waals surface area contributed by atoms with Gasteiger partial charge in [0, 0.05) is 25.2 Å². The molecule has 1 fully saturated rings. The zero-order chi connectivity index (χ0) is 13.2. The summed E-state index contributed by atoms with van der Waals surface area (Å²) in [6.45, 7) is 4.33. The second-order valence-corrected chi connectivity index (χ2v) is 5.53. The van der Waals surface area contributed by atoms with Crippen LogP contribution in [-0.4, -0.2) is 30.3 Å². The Bertz CT molecular complexity index is 450. The highest BCUT2D eigenvalue weighted by atomic mass is 16.7. The number of nitrogens with two attached hydrogens (primary N) is 1. The van der Waals surface area contributed by atoms with E-state index >= 15 is 0 Å². The zero-order valence-electron chi connectivity index (χ0n) is 11.5. The van der Waals surface area contributed by atoms with Crippen LogP contribution in [0.15, 0.2) is 18.2 Å². The predicted molar refractivity (Wildman–Crippen MR) is 74.3 cm³/mol. The standard InChI is InChI=1S/C15H22N2O2/c1-11-3-2-4-13(8-16)17(11)9-12-5-6-14-15(7-12)19-10-18-14/h5-7,11,13H,2-4,8-10,16H2,1H3. The molecule has 0 amide bonds. The summed E-state index contributed by atoms with van der Waals surface area (Å²) in [6, 6.07) is 7.34. The number of rotatable bonds is 3. The van der Waals surface area contributed by atoms with Gasteiger partial charge in [0.1, 0.15) is 0 Å². The molecule has 2 aliphatic rings. The first-order valence-electron chi connectivity index (χ1n) is 7.12. The van der Waals surface area contributed by atoms with Gasteiger partial charge in [-0.25, -0.2) is 0 Å². The highest BCUT2D eigenvalue weighted by Crippen LogP contribution is 2.33. The van der Waals surface area contributed by atoms with Crippen molar-refractivity contribution in [3.8, 4) is 11.5 Å². The lowest BCUT2D eigenvalue weighted by Crippen LogP contribution is -2.48. The summed E-state index contributed by atoms with van der Waals surface area (Å²) < 4.78 is 10.8. The average molecular weight is 262 g/mol. The Balaban J connectivity index is 1.75. The molecule has 4 nitrogen and oxygen atoms in total. The van der Waals surface area contributed by atoms with Crippen LogP contribution in [0.3, 0.4) is 0 Å². The van der Waals surface area contributed by atoms with Crippen LogP contribution in [0.2, 0.25) is 0 Å². The van der Waals surface area contributed by atoms with Crippen LogP contribution in [0.5, 0.6) is 11.5 Å². The van der Waals surface area contributed by atoms with E-state index in [2.05, 4.69) is 24.0 Å². The molecule has 104 valence electrons. The minimum atomic E-state index is 0.338. The number of hydrogen-bond donors (Lipinski definition) is 1. The average Bonchev–Trinajstić information content (AvgIpc) is 2.88. The maximum absolute atomic E-state index is 5.91. The van der Waals surface area contributed by atoms with Gasteiger partial charge in [0.05, 0.1) is 0 Å². The fourth-order valence-electron chi connectivity index (χ4n) is 3.13. The Hall–Kier alpha value is -1.26. The second-order valence-electron chi connectivity index (χ2n) is 5.53. The van der Waals surface area contributed by atoms with Gasteiger partial charge in [0.15, 0.2) is 11.5 Å². The molecule has 2 unspecified atom stereocenters. The van der Waals surface area contributed by atoms with Crippen LogP contribution in [0.25, 0.3) is 0 Å². The molecular formula is C15H22N2O2. The van der Waals surface area contributed by atoms with E-state index in [0.29, 0.717) is 18.9 Å². The highest BCUT2D eigenvalue weighted by Gasteiger charge is 2.27.